The summed E-state index contributed by atoms with van der Waals surface area (Å²) < 4.78 is 5.79. The van der Waals surface area contributed by atoms with E-state index in [2.05, 4.69) is 11.0 Å². The van der Waals surface area contributed by atoms with Gasteiger partial charge in [0.2, 0.25) is 0 Å². The minimum Gasteiger partial charge on any atom is -0.487 e. The number of ether oxygens (including phenoxy) is 1. The quantitative estimate of drug-likeness (QED) is 0.699. The summed E-state index contributed by atoms with van der Waals surface area (Å²) in [5, 5.41) is 8.88. The number of anilines is 1. The summed E-state index contributed by atoms with van der Waals surface area (Å²) in [5.41, 5.74) is 9.12. The molecule has 0 unspecified atom stereocenters. The second-order valence-corrected chi connectivity index (χ2v) is 5.78. The average molecular weight is 314 g/mol. The molecule has 2 aromatic carbocycles. The van der Waals surface area contributed by atoms with Crippen molar-refractivity contribution in [1.29, 1.82) is 0 Å². The van der Waals surface area contributed by atoms with Crippen LogP contribution in [0.25, 0.3) is 0 Å². The van der Waals surface area contributed by atoms with Gasteiger partial charge in [0, 0.05) is 6.54 Å². The zero-order chi connectivity index (χ0) is 16.5. The van der Waals surface area contributed by atoms with Crippen LogP contribution in [0.1, 0.15) is 17.5 Å². The van der Waals surface area contributed by atoms with E-state index in [0.29, 0.717) is 18.8 Å². The minimum atomic E-state index is 0.205. The zero-order valence-corrected chi connectivity index (χ0v) is 13.7. The largest absolute Gasteiger partial charge is 0.487 e. The van der Waals surface area contributed by atoms with Crippen molar-refractivity contribution in [3.8, 4) is 5.75 Å². The van der Waals surface area contributed by atoms with Crippen LogP contribution in [0.3, 0.4) is 0 Å². The Kier molecular flexibility index (Phi) is 6.91. The van der Waals surface area contributed by atoms with E-state index in [0.717, 1.165) is 30.7 Å². The number of rotatable bonds is 9. The van der Waals surface area contributed by atoms with E-state index in [-0.39, 0.29) is 6.61 Å². The van der Waals surface area contributed by atoms with Gasteiger partial charge >= 0.3 is 0 Å². The van der Waals surface area contributed by atoms with Gasteiger partial charge in [0.15, 0.2) is 0 Å². The molecular weight excluding hydrogens is 288 g/mol. The van der Waals surface area contributed by atoms with Gasteiger partial charge in [-0.05, 0) is 49.7 Å². The van der Waals surface area contributed by atoms with Crippen LogP contribution in [0.5, 0.6) is 5.75 Å². The first-order valence-corrected chi connectivity index (χ1v) is 8.03. The number of nitrogen functional groups attached to an aromatic ring is 1. The molecule has 124 valence electrons. The summed E-state index contributed by atoms with van der Waals surface area (Å²) in [6.45, 7) is 2.41. The van der Waals surface area contributed by atoms with E-state index >= 15 is 0 Å². The third-order valence-corrected chi connectivity index (χ3v) is 3.80. The lowest BCUT2D eigenvalue weighted by Crippen LogP contribution is -2.23. The molecule has 2 aromatic rings. The molecule has 0 saturated carbocycles. The van der Waals surface area contributed by atoms with Crippen LogP contribution in [0, 0.1) is 0 Å². The van der Waals surface area contributed by atoms with E-state index in [1.54, 1.807) is 0 Å². The monoisotopic (exact) mass is 314 g/mol. The number of likely N-dealkylation sites (N-methyl/N-ethyl adjacent to an activating group) is 1. The van der Waals surface area contributed by atoms with Crippen LogP contribution in [0.4, 0.5) is 5.69 Å². The highest BCUT2D eigenvalue weighted by Gasteiger charge is 2.04. The second kappa shape index (κ2) is 9.18. The molecule has 2 rings (SSSR count). The summed E-state index contributed by atoms with van der Waals surface area (Å²) >= 11 is 0. The molecule has 23 heavy (non-hydrogen) atoms. The number of nitrogens with zero attached hydrogens (tertiary/aromatic N) is 1. The summed E-state index contributed by atoms with van der Waals surface area (Å²) in [6, 6.07) is 16.1. The molecule has 0 fully saturated rings. The standard InChI is InChI=1S/C19H26N2O2/c1-21(12-13-22)11-5-8-16-9-10-19(18(20)14-16)23-15-17-6-3-2-4-7-17/h2-4,6-7,9-10,14,22H,5,8,11-13,15,20H2,1H3. The van der Waals surface area contributed by atoms with Gasteiger partial charge in [0.25, 0.3) is 0 Å². The Morgan fingerprint density at radius 1 is 1.04 bits per heavy atom. The molecule has 0 heterocycles. The van der Waals surface area contributed by atoms with Crippen LogP contribution in [-0.4, -0.2) is 36.8 Å². The van der Waals surface area contributed by atoms with Gasteiger partial charge in [-0.25, -0.2) is 0 Å². The van der Waals surface area contributed by atoms with Crippen LogP contribution >= 0.6 is 0 Å². The van der Waals surface area contributed by atoms with E-state index in [9.17, 15) is 0 Å². The van der Waals surface area contributed by atoms with Crippen molar-refractivity contribution >= 4 is 5.69 Å². The van der Waals surface area contributed by atoms with Crippen molar-refractivity contribution in [1.82, 2.24) is 4.90 Å². The smallest absolute Gasteiger partial charge is 0.142 e. The van der Waals surface area contributed by atoms with Gasteiger partial charge in [-0.2, -0.15) is 0 Å². The fourth-order valence-corrected chi connectivity index (χ4v) is 2.46. The second-order valence-electron chi connectivity index (χ2n) is 5.78. The molecule has 0 amide bonds. The maximum atomic E-state index is 8.88. The van der Waals surface area contributed by atoms with Crippen molar-refractivity contribution in [2.45, 2.75) is 19.4 Å². The molecule has 4 heteroatoms. The lowest BCUT2D eigenvalue weighted by atomic mass is 10.1. The highest BCUT2D eigenvalue weighted by molar-refractivity contribution is 5.54. The topological polar surface area (TPSA) is 58.7 Å². The Hall–Kier alpha value is -2.04. The predicted octanol–water partition coefficient (Wildman–Crippen LogP) is 2.70. The van der Waals surface area contributed by atoms with Crippen molar-refractivity contribution in [3.63, 3.8) is 0 Å². The van der Waals surface area contributed by atoms with Crippen molar-refractivity contribution in [2.75, 3.05) is 32.5 Å². The first-order valence-electron chi connectivity index (χ1n) is 8.03. The number of hydrogen-bond donors (Lipinski definition) is 2. The van der Waals surface area contributed by atoms with Crippen molar-refractivity contribution in [2.24, 2.45) is 0 Å². The number of benzene rings is 2. The molecule has 0 aromatic heterocycles. The Labute approximate surface area is 138 Å². The minimum absolute atomic E-state index is 0.205. The third-order valence-electron chi connectivity index (χ3n) is 3.80. The number of hydrogen-bond acceptors (Lipinski definition) is 4. The predicted molar refractivity (Wildman–Crippen MR) is 94.5 cm³/mol. The molecule has 0 saturated heterocycles. The van der Waals surface area contributed by atoms with Crippen molar-refractivity contribution < 1.29 is 9.84 Å². The van der Waals surface area contributed by atoms with Gasteiger partial charge < -0.3 is 20.5 Å². The van der Waals surface area contributed by atoms with Crippen LogP contribution < -0.4 is 10.5 Å². The van der Waals surface area contributed by atoms with Crippen molar-refractivity contribution in [3.05, 3.63) is 59.7 Å². The van der Waals surface area contributed by atoms with E-state index < -0.39 is 0 Å². The SMILES string of the molecule is CN(CCO)CCCc1ccc(OCc2ccccc2)c(N)c1. The maximum Gasteiger partial charge on any atom is 0.142 e. The van der Waals surface area contributed by atoms with Gasteiger partial charge in [0.1, 0.15) is 12.4 Å². The lowest BCUT2D eigenvalue weighted by molar-refractivity contribution is 0.220. The number of aliphatic hydroxyl groups excluding tert-OH is 1. The lowest BCUT2D eigenvalue weighted by Gasteiger charge is -2.15. The Morgan fingerprint density at radius 3 is 2.52 bits per heavy atom. The highest BCUT2D eigenvalue weighted by Crippen LogP contribution is 2.24. The normalized spacial score (nSPS) is 10.9. The molecule has 4 nitrogen and oxygen atoms in total. The summed E-state index contributed by atoms with van der Waals surface area (Å²) in [4.78, 5) is 2.13. The third kappa shape index (κ3) is 5.93. The van der Waals surface area contributed by atoms with Gasteiger partial charge in [-0.15, -0.1) is 0 Å². The number of aliphatic hydroxyl groups is 1. The van der Waals surface area contributed by atoms with Crippen LogP contribution in [-0.2, 0) is 13.0 Å². The van der Waals surface area contributed by atoms with Crippen LogP contribution in [0.15, 0.2) is 48.5 Å². The molecule has 0 radical (unpaired) electrons. The average Bonchev–Trinajstić information content (AvgIpc) is 2.55. The molecule has 0 aliphatic carbocycles. The molecule has 3 N–H and O–H groups in total. The highest BCUT2D eigenvalue weighted by atomic mass is 16.5. The summed E-state index contributed by atoms with van der Waals surface area (Å²) in [7, 11) is 2.02. The van der Waals surface area contributed by atoms with E-state index in [4.69, 9.17) is 15.6 Å². The first-order chi connectivity index (χ1) is 11.2. The fraction of sp³-hybridized carbons (Fsp3) is 0.368. The number of aryl methyl sites for hydroxylation is 1. The van der Waals surface area contributed by atoms with Gasteiger partial charge in [-0.3, -0.25) is 0 Å². The molecule has 0 aliphatic rings. The molecule has 0 bridgehead atoms. The molecular formula is C19H26N2O2. The molecule has 0 atom stereocenters. The van der Waals surface area contributed by atoms with Gasteiger partial charge in [0.05, 0.1) is 12.3 Å². The van der Waals surface area contributed by atoms with E-state index in [1.165, 1.54) is 5.56 Å². The summed E-state index contributed by atoms with van der Waals surface area (Å²) in [6.07, 6.45) is 2.01. The van der Waals surface area contributed by atoms with Crippen LogP contribution in [0.2, 0.25) is 0 Å². The summed E-state index contributed by atoms with van der Waals surface area (Å²) in [5.74, 6) is 0.731. The van der Waals surface area contributed by atoms with Gasteiger partial charge in [-0.1, -0.05) is 36.4 Å². The fourth-order valence-electron chi connectivity index (χ4n) is 2.46. The number of nitrogens with two attached hydrogens (primary N) is 1. The molecule has 0 aliphatic heterocycles. The molecule has 0 spiro atoms. The maximum absolute atomic E-state index is 8.88. The first kappa shape index (κ1) is 17.3. The Morgan fingerprint density at radius 2 is 1.83 bits per heavy atom. The zero-order valence-electron chi connectivity index (χ0n) is 13.7. The Bertz CT molecular complexity index is 587. The Balaban J connectivity index is 1.83. The van der Waals surface area contributed by atoms with E-state index in [1.807, 2.05) is 49.5 Å².